The summed E-state index contributed by atoms with van der Waals surface area (Å²) < 4.78 is 6.06. The molecule has 2 N–H and O–H groups in total. The van der Waals surface area contributed by atoms with Gasteiger partial charge in [0, 0.05) is 4.47 Å². The summed E-state index contributed by atoms with van der Waals surface area (Å²) >= 11 is 3.47. The first-order valence-electron chi connectivity index (χ1n) is 6.49. The second-order valence-electron chi connectivity index (χ2n) is 4.72. The highest BCUT2D eigenvalue weighted by Crippen LogP contribution is 2.28. The zero-order chi connectivity index (χ0) is 15.4. The highest BCUT2D eigenvalue weighted by Gasteiger charge is 2.11. The number of urea groups is 1. The summed E-state index contributed by atoms with van der Waals surface area (Å²) in [5, 5.41) is 5.64. The molecule has 0 spiro atoms. The van der Waals surface area contributed by atoms with Gasteiger partial charge in [0.1, 0.15) is 5.75 Å². The van der Waals surface area contributed by atoms with Gasteiger partial charge in [0.2, 0.25) is 0 Å². The van der Waals surface area contributed by atoms with Gasteiger partial charge >= 0.3 is 6.03 Å². The van der Waals surface area contributed by atoms with Crippen molar-refractivity contribution in [3.05, 3.63) is 52.0 Å². The number of hydrogen-bond donors (Lipinski definition) is 2. The predicted octanol–water partition coefficient (Wildman–Crippen LogP) is 4.72. The summed E-state index contributed by atoms with van der Waals surface area (Å²) in [4.78, 5) is 12.1. The van der Waals surface area contributed by atoms with Crippen LogP contribution >= 0.6 is 15.9 Å². The van der Waals surface area contributed by atoms with Crippen molar-refractivity contribution in [2.24, 2.45) is 0 Å². The molecule has 0 saturated carbocycles. The van der Waals surface area contributed by atoms with Gasteiger partial charge in [-0.2, -0.15) is 0 Å². The van der Waals surface area contributed by atoms with E-state index < -0.39 is 0 Å². The molecular weight excluding hydrogens is 332 g/mol. The van der Waals surface area contributed by atoms with Gasteiger partial charge in [0.15, 0.2) is 0 Å². The summed E-state index contributed by atoms with van der Waals surface area (Å²) in [5.74, 6) is 0.618. The number of carbonyl (C=O) groups is 1. The molecule has 0 aliphatic heterocycles. The number of amides is 2. The van der Waals surface area contributed by atoms with Crippen LogP contribution in [0.1, 0.15) is 11.1 Å². The Bertz CT molecular complexity index is 648. The number of aryl methyl sites for hydroxylation is 2. The molecule has 0 radical (unpaired) electrons. The number of para-hydroxylation sites is 2. The molecule has 0 aromatic heterocycles. The number of hydrogen-bond acceptors (Lipinski definition) is 2. The summed E-state index contributed by atoms with van der Waals surface area (Å²) in [6.07, 6.45) is 0. The Morgan fingerprint density at radius 1 is 1.14 bits per heavy atom. The van der Waals surface area contributed by atoms with Crippen LogP contribution in [0.4, 0.5) is 16.2 Å². The van der Waals surface area contributed by atoms with E-state index in [-0.39, 0.29) is 6.03 Å². The van der Waals surface area contributed by atoms with Crippen molar-refractivity contribution in [1.29, 1.82) is 0 Å². The van der Waals surface area contributed by atoms with Crippen molar-refractivity contribution in [3.63, 3.8) is 0 Å². The van der Waals surface area contributed by atoms with E-state index in [2.05, 4.69) is 26.6 Å². The number of methoxy groups -OCH3 is 1. The molecule has 21 heavy (non-hydrogen) atoms. The minimum atomic E-state index is -0.313. The van der Waals surface area contributed by atoms with Crippen molar-refractivity contribution in [2.45, 2.75) is 13.8 Å². The Balaban J connectivity index is 2.16. The maximum atomic E-state index is 12.1. The Labute approximate surface area is 132 Å². The van der Waals surface area contributed by atoms with Crippen LogP contribution in [0.15, 0.2) is 40.9 Å². The number of ether oxygens (including phenoxy) is 1. The van der Waals surface area contributed by atoms with E-state index in [1.807, 2.05) is 38.1 Å². The van der Waals surface area contributed by atoms with Gasteiger partial charge in [-0.3, -0.25) is 0 Å². The topological polar surface area (TPSA) is 50.4 Å². The highest BCUT2D eigenvalue weighted by molar-refractivity contribution is 9.10. The molecule has 0 unspecified atom stereocenters. The van der Waals surface area contributed by atoms with Crippen LogP contribution in [0.2, 0.25) is 0 Å². The van der Waals surface area contributed by atoms with Crippen LogP contribution in [0.25, 0.3) is 0 Å². The maximum Gasteiger partial charge on any atom is 0.323 e. The molecule has 0 atom stereocenters. The smallest absolute Gasteiger partial charge is 0.323 e. The third kappa shape index (κ3) is 3.76. The normalized spacial score (nSPS) is 10.1. The fraction of sp³-hybridized carbons (Fsp3) is 0.188. The van der Waals surface area contributed by atoms with Crippen LogP contribution in [-0.2, 0) is 0 Å². The van der Waals surface area contributed by atoms with E-state index in [1.165, 1.54) is 0 Å². The summed E-state index contributed by atoms with van der Waals surface area (Å²) in [6, 6.07) is 10.9. The molecule has 5 heteroatoms. The van der Waals surface area contributed by atoms with Crippen molar-refractivity contribution in [1.82, 2.24) is 0 Å². The second-order valence-corrected chi connectivity index (χ2v) is 5.57. The first-order chi connectivity index (χ1) is 10.0. The zero-order valence-electron chi connectivity index (χ0n) is 12.2. The van der Waals surface area contributed by atoms with Gasteiger partial charge < -0.3 is 15.4 Å². The van der Waals surface area contributed by atoms with Gasteiger partial charge in [0.05, 0.1) is 18.5 Å². The first-order valence-corrected chi connectivity index (χ1v) is 7.28. The van der Waals surface area contributed by atoms with E-state index in [4.69, 9.17) is 4.74 Å². The average Bonchev–Trinajstić information content (AvgIpc) is 2.43. The molecule has 0 aliphatic carbocycles. The molecule has 0 heterocycles. The van der Waals surface area contributed by atoms with Gasteiger partial charge in [-0.1, -0.05) is 18.2 Å². The Morgan fingerprint density at radius 3 is 2.52 bits per heavy atom. The van der Waals surface area contributed by atoms with Gasteiger partial charge in [-0.15, -0.1) is 0 Å². The molecule has 0 saturated heterocycles. The molecular formula is C16H17BrN2O2. The van der Waals surface area contributed by atoms with Gasteiger partial charge in [-0.25, -0.2) is 4.79 Å². The lowest BCUT2D eigenvalue weighted by atomic mass is 10.1. The molecule has 2 rings (SSSR count). The number of anilines is 2. The SMILES string of the molecule is COc1ccccc1NC(=O)Nc1c(C)cc(C)cc1Br. The lowest BCUT2D eigenvalue weighted by molar-refractivity contribution is 0.262. The number of benzene rings is 2. The Hall–Kier alpha value is -2.01. The van der Waals surface area contributed by atoms with Gasteiger partial charge in [0.25, 0.3) is 0 Å². The van der Waals surface area contributed by atoms with E-state index >= 15 is 0 Å². The number of rotatable bonds is 3. The fourth-order valence-electron chi connectivity index (χ4n) is 2.09. The van der Waals surface area contributed by atoms with Crippen LogP contribution < -0.4 is 15.4 Å². The van der Waals surface area contributed by atoms with Crippen molar-refractivity contribution < 1.29 is 9.53 Å². The minimum absolute atomic E-state index is 0.313. The molecule has 2 aromatic carbocycles. The second kappa shape index (κ2) is 6.63. The summed E-state index contributed by atoms with van der Waals surface area (Å²) in [5.41, 5.74) is 3.51. The van der Waals surface area contributed by atoms with Gasteiger partial charge in [-0.05, 0) is 59.1 Å². The number of halogens is 1. The molecule has 4 nitrogen and oxygen atoms in total. The Kier molecular flexibility index (Phi) is 4.85. The molecule has 2 amide bonds. The van der Waals surface area contributed by atoms with Crippen LogP contribution in [0, 0.1) is 13.8 Å². The lowest BCUT2D eigenvalue weighted by Crippen LogP contribution is -2.20. The summed E-state index contributed by atoms with van der Waals surface area (Å²) in [7, 11) is 1.57. The summed E-state index contributed by atoms with van der Waals surface area (Å²) in [6.45, 7) is 3.97. The number of carbonyl (C=O) groups excluding carboxylic acids is 1. The predicted molar refractivity (Wildman–Crippen MR) is 89.3 cm³/mol. The van der Waals surface area contributed by atoms with Crippen LogP contribution in [0.5, 0.6) is 5.75 Å². The monoisotopic (exact) mass is 348 g/mol. The molecule has 0 aliphatic rings. The Morgan fingerprint density at radius 2 is 1.86 bits per heavy atom. The minimum Gasteiger partial charge on any atom is -0.495 e. The van der Waals surface area contributed by atoms with E-state index in [0.29, 0.717) is 11.4 Å². The zero-order valence-corrected chi connectivity index (χ0v) is 13.7. The molecule has 110 valence electrons. The van der Waals surface area contributed by atoms with Crippen LogP contribution in [0.3, 0.4) is 0 Å². The average molecular weight is 349 g/mol. The third-order valence-electron chi connectivity index (χ3n) is 3.03. The fourth-order valence-corrected chi connectivity index (χ4v) is 2.86. The van der Waals surface area contributed by atoms with Crippen molar-refractivity contribution in [2.75, 3.05) is 17.7 Å². The van der Waals surface area contributed by atoms with E-state index in [1.54, 1.807) is 19.2 Å². The third-order valence-corrected chi connectivity index (χ3v) is 3.65. The largest absolute Gasteiger partial charge is 0.495 e. The van der Waals surface area contributed by atoms with E-state index in [0.717, 1.165) is 21.3 Å². The molecule has 2 aromatic rings. The molecule has 0 fully saturated rings. The maximum absolute atomic E-state index is 12.1. The quantitative estimate of drug-likeness (QED) is 0.843. The number of nitrogens with one attached hydrogen (secondary N) is 2. The molecule has 0 bridgehead atoms. The van der Waals surface area contributed by atoms with Crippen molar-refractivity contribution >= 4 is 33.3 Å². The standard InChI is InChI=1S/C16H17BrN2O2/c1-10-8-11(2)15(12(17)9-10)19-16(20)18-13-6-4-5-7-14(13)21-3/h4-9H,1-3H3,(H2,18,19,20). The van der Waals surface area contributed by atoms with Crippen LogP contribution in [-0.4, -0.2) is 13.1 Å². The van der Waals surface area contributed by atoms with Crippen molar-refractivity contribution in [3.8, 4) is 5.75 Å². The first kappa shape index (κ1) is 15.4. The highest BCUT2D eigenvalue weighted by atomic mass is 79.9. The van der Waals surface area contributed by atoms with E-state index in [9.17, 15) is 4.79 Å². The lowest BCUT2D eigenvalue weighted by Gasteiger charge is -2.14.